The van der Waals surface area contributed by atoms with E-state index in [2.05, 4.69) is 9.97 Å². The number of nitrogens with one attached hydrogen (secondary N) is 1. The van der Waals surface area contributed by atoms with Crippen molar-refractivity contribution in [3.05, 3.63) is 57.6 Å². The highest BCUT2D eigenvalue weighted by Crippen LogP contribution is 2.61. The van der Waals surface area contributed by atoms with Gasteiger partial charge in [0.1, 0.15) is 11.7 Å². The standard InChI is InChI=1S/C22H20F3N5O4/c23-22(24,25)10-4-14(18(27)32)16-15(5-10)30(20(33)29-16)11-6-21(7-11)8-12(9-21)34-19-13(17(26)31)2-1-3-28-19/h1-5,11-12H,6-9H2,(H2,26,31)(H2,27,32)(H,29,33). The van der Waals surface area contributed by atoms with E-state index >= 15 is 0 Å². The zero-order valence-electron chi connectivity index (χ0n) is 17.7. The second-order valence-electron chi connectivity index (χ2n) is 9.01. The number of alkyl halides is 3. The molecule has 2 amide bonds. The Balaban J connectivity index is 1.36. The Hall–Kier alpha value is -3.83. The zero-order chi connectivity index (χ0) is 24.4. The summed E-state index contributed by atoms with van der Waals surface area (Å²) in [6.45, 7) is 0. The first-order valence-corrected chi connectivity index (χ1v) is 10.5. The van der Waals surface area contributed by atoms with Crippen molar-refractivity contribution in [2.75, 3.05) is 0 Å². The largest absolute Gasteiger partial charge is 0.474 e. The van der Waals surface area contributed by atoms with Gasteiger partial charge in [-0.2, -0.15) is 13.2 Å². The molecular formula is C22H20F3N5O4. The fourth-order valence-electron chi connectivity index (χ4n) is 5.22. The van der Waals surface area contributed by atoms with E-state index in [0.29, 0.717) is 31.7 Å². The Morgan fingerprint density at radius 2 is 1.79 bits per heavy atom. The van der Waals surface area contributed by atoms with Gasteiger partial charge in [0.15, 0.2) is 0 Å². The summed E-state index contributed by atoms with van der Waals surface area (Å²) in [6.07, 6.45) is -0.975. The molecule has 0 unspecified atom stereocenters. The molecule has 0 saturated heterocycles. The summed E-state index contributed by atoms with van der Waals surface area (Å²) >= 11 is 0. The van der Waals surface area contributed by atoms with Gasteiger partial charge in [0.2, 0.25) is 5.88 Å². The summed E-state index contributed by atoms with van der Waals surface area (Å²) in [5.41, 5.74) is 8.66. The Labute approximate surface area is 189 Å². The monoisotopic (exact) mass is 475 g/mol. The number of H-pyrrole nitrogens is 1. The lowest BCUT2D eigenvalue weighted by molar-refractivity contribution is -0.137. The van der Waals surface area contributed by atoms with Crippen LogP contribution in [0.25, 0.3) is 11.0 Å². The number of halogens is 3. The summed E-state index contributed by atoms with van der Waals surface area (Å²) in [4.78, 5) is 42.5. The molecule has 0 aliphatic heterocycles. The molecule has 5 N–H and O–H groups in total. The van der Waals surface area contributed by atoms with Crippen LogP contribution in [0.1, 0.15) is 58.0 Å². The van der Waals surface area contributed by atoms with Crippen LogP contribution in [0.4, 0.5) is 13.2 Å². The molecule has 3 aromatic rings. The number of fused-ring (bicyclic) bond motifs is 1. The minimum atomic E-state index is -4.70. The summed E-state index contributed by atoms with van der Waals surface area (Å²) in [6, 6.07) is 4.29. The molecule has 1 aromatic carbocycles. The average Bonchev–Trinajstić information content (AvgIpc) is 3.03. The second kappa shape index (κ2) is 7.34. The van der Waals surface area contributed by atoms with Gasteiger partial charge in [0.25, 0.3) is 11.8 Å². The number of amides is 2. The van der Waals surface area contributed by atoms with Gasteiger partial charge in [-0.1, -0.05) is 0 Å². The average molecular weight is 475 g/mol. The lowest BCUT2D eigenvalue weighted by Crippen LogP contribution is -2.53. The number of carbonyl (C=O) groups is 2. The summed E-state index contributed by atoms with van der Waals surface area (Å²) in [5.74, 6) is -1.54. The predicted molar refractivity (Wildman–Crippen MR) is 113 cm³/mol. The third-order valence-electron chi connectivity index (χ3n) is 6.76. The van der Waals surface area contributed by atoms with Crippen molar-refractivity contribution in [1.29, 1.82) is 0 Å². The van der Waals surface area contributed by atoms with Crippen LogP contribution in [0.3, 0.4) is 0 Å². The molecular weight excluding hydrogens is 455 g/mol. The number of ether oxygens (including phenoxy) is 1. The van der Waals surface area contributed by atoms with Crippen LogP contribution in [-0.2, 0) is 6.18 Å². The van der Waals surface area contributed by atoms with Crippen LogP contribution in [0.2, 0.25) is 0 Å². The van der Waals surface area contributed by atoms with Crippen LogP contribution in [-0.4, -0.2) is 32.5 Å². The second-order valence-corrected chi connectivity index (χ2v) is 9.01. The topological polar surface area (TPSA) is 146 Å². The number of carbonyl (C=O) groups excluding carboxylic acids is 2. The Morgan fingerprint density at radius 3 is 2.41 bits per heavy atom. The van der Waals surface area contributed by atoms with Crippen LogP contribution in [0, 0.1) is 5.41 Å². The van der Waals surface area contributed by atoms with Crippen molar-refractivity contribution in [2.24, 2.45) is 16.9 Å². The number of hydrogen-bond acceptors (Lipinski definition) is 5. The SMILES string of the molecule is NC(=O)c1cccnc1OC1CC2(C1)CC(n1c(=O)[nH]c3c(C(N)=O)cc(C(F)(F)F)cc31)C2. The maximum atomic E-state index is 13.4. The highest BCUT2D eigenvalue weighted by Gasteiger charge is 2.55. The predicted octanol–water partition coefficient (Wildman–Crippen LogP) is 2.50. The number of aromatic nitrogens is 3. The van der Waals surface area contributed by atoms with Gasteiger partial charge in [-0.15, -0.1) is 0 Å². The molecule has 0 bridgehead atoms. The smallest absolute Gasteiger partial charge is 0.416 e. The molecule has 1 spiro atoms. The lowest BCUT2D eigenvalue weighted by atomic mass is 9.52. The first-order valence-electron chi connectivity index (χ1n) is 10.5. The van der Waals surface area contributed by atoms with Crippen molar-refractivity contribution in [2.45, 2.75) is 44.0 Å². The first kappa shape index (κ1) is 22.0. The molecule has 2 saturated carbocycles. The number of primary amides is 2. The minimum absolute atomic E-state index is 0.000170. The number of imidazole rings is 1. The van der Waals surface area contributed by atoms with Crippen LogP contribution in [0.5, 0.6) is 5.88 Å². The zero-order valence-corrected chi connectivity index (χ0v) is 17.7. The highest BCUT2D eigenvalue weighted by atomic mass is 19.4. The van der Waals surface area contributed by atoms with Crippen LogP contribution < -0.4 is 21.9 Å². The maximum Gasteiger partial charge on any atom is 0.416 e. The fourth-order valence-corrected chi connectivity index (χ4v) is 5.22. The van der Waals surface area contributed by atoms with Crippen molar-refractivity contribution in [1.82, 2.24) is 14.5 Å². The van der Waals surface area contributed by atoms with Crippen molar-refractivity contribution in [3.63, 3.8) is 0 Å². The van der Waals surface area contributed by atoms with E-state index in [4.69, 9.17) is 16.2 Å². The van der Waals surface area contributed by atoms with Gasteiger partial charge >= 0.3 is 11.9 Å². The van der Waals surface area contributed by atoms with Crippen LogP contribution >= 0.6 is 0 Å². The minimum Gasteiger partial charge on any atom is -0.474 e. The molecule has 12 heteroatoms. The van der Waals surface area contributed by atoms with E-state index in [9.17, 15) is 27.6 Å². The molecule has 2 aliphatic carbocycles. The van der Waals surface area contributed by atoms with Gasteiger partial charge in [0, 0.05) is 12.2 Å². The number of aromatic amines is 1. The van der Waals surface area contributed by atoms with E-state index < -0.39 is 29.2 Å². The number of benzene rings is 1. The molecule has 34 heavy (non-hydrogen) atoms. The number of nitrogens with two attached hydrogens (primary N) is 2. The van der Waals surface area contributed by atoms with Crippen molar-refractivity contribution >= 4 is 22.8 Å². The molecule has 9 nitrogen and oxygen atoms in total. The fraction of sp³-hybridized carbons (Fsp3) is 0.364. The van der Waals surface area contributed by atoms with Gasteiger partial charge in [-0.05, 0) is 55.4 Å². The normalized spacial score (nSPS) is 24.0. The maximum absolute atomic E-state index is 13.4. The third-order valence-corrected chi connectivity index (χ3v) is 6.76. The quantitative estimate of drug-likeness (QED) is 0.519. The van der Waals surface area contributed by atoms with Gasteiger partial charge in [-0.25, -0.2) is 9.78 Å². The number of pyridine rings is 1. The van der Waals surface area contributed by atoms with Crippen molar-refractivity contribution < 1.29 is 27.5 Å². The summed E-state index contributed by atoms with van der Waals surface area (Å²) in [7, 11) is 0. The molecule has 178 valence electrons. The van der Waals surface area contributed by atoms with E-state index in [1.54, 1.807) is 6.07 Å². The summed E-state index contributed by atoms with van der Waals surface area (Å²) < 4.78 is 47.3. The molecule has 2 aliphatic rings. The highest BCUT2D eigenvalue weighted by molar-refractivity contribution is 6.04. The Kier molecular flexibility index (Phi) is 4.74. The number of hydrogen-bond donors (Lipinski definition) is 3. The van der Waals surface area contributed by atoms with E-state index in [-0.39, 0.29) is 45.6 Å². The Bertz CT molecular complexity index is 1380. The molecule has 2 aromatic heterocycles. The first-order chi connectivity index (χ1) is 16.0. The van der Waals surface area contributed by atoms with E-state index in [1.807, 2.05) is 0 Å². The number of nitrogens with zero attached hydrogens (tertiary/aromatic N) is 2. The molecule has 5 rings (SSSR count). The van der Waals surface area contributed by atoms with Crippen LogP contribution in [0.15, 0.2) is 35.3 Å². The third kappa shape index (κ3) is 3.49. The van der Waals surface area contributed by atoms with Gasteiger partial charge < -0.3 is 21.2 Å². The molecule has 0 radical (unpaired) electrons. The van der Waals surface area contributed by atoms with E-state index in [1.165, 1.54) is 16.8 Å². The van der Waals surface area contributed by atoms with Gasteiger partial charge in [-0.3, -0.25) is 14.2 Å². The number of rotatable bonds is 5. The molecule has 0 atom stereocenters. The molecule has 2 fully saturated rings. The lowest BCUT2D eigenvalue weighted by Gasteiger charge is -2.57. The van der Waals surface area contributed by atoms with E-state index in [0.717, 1.165) is 6.07 Å². The summed E-state index contributed by atoms with van der Waals surface area (Å²) in [5, 5.41) is 0. The Morgan fingerprint density at radius 1 is 1.12 bits per heavy atom. The molecule has 2 heterocycles. The van der Waals surface area contributed by atoms with Gasteiger partial charge in [0.05, 0.1) is 22.2 Å². The van der Waals surface area contributed by atoms with Crippen molar-refractivity contribution in [3.8, 4) is 5.88 Å².